The molecule has 1 atom stereocenters. The van der Waals surface area contributed by atoms with Crippen LogP contribution in [0.15, 0.2) is 30.3 Å². The maximum atomic E-state index is 5.39. The van der Waals surface area contributed by atoms with Crippen molar-refractivity contribution in [1.82, 2.24) is 25.1 Å². The van der Waals surface area contributed by atoms with Crippen molar-refractivity contribution < 1.29 is 0 Å². The highest BCUT2D eigenvalue weighted by atomic mass is 15.3. The zero-order valence-corrected chi connectivity index (χ0v) is 24.5. The van der Waals surface area contributed by atoms with Gasteiger partial charge in [0.1, 0.15) is 5.82 Å². The number of rotatable bonds is 5. The molecule has 0 saturated carbocycles. The molecular formula is C32H41N7. The third kappa shape index (κ3) is 4.56. The van der Waals surface area contributed by atoms with Crippen molar-refractivity contribution in [2.24, 2.45) is 0 Å². The van der Waals surface area contributed by atoms with E-state index in [2.05, 4.69) is 104 Å². The summed E-state index contributed by atoms with van der Waals surface area (Å²) in [6.45, 7) is 14.8. The molecule has 7 nitrogen and oxygen atoms in total. The number of anilines is 2. The molecule has 4 aromatic rings. The van der Waals surface area contributed by atoms with E-state index in [-0.39, 0.29) is 0 Å². The van der Waals surface area contributed by atoms with Gasteiger partial charge in [0.05, 0.1) is 11.2 Å². The lowest BCUT2D eigenvalue weighted by molar-refractivity contribution is 0.315. The molecule has 2 aliphatic heterocycles. The van der Waals surface area contributed by atoms with Gasteiger partial charge in [-0.3, -0.25) is 5.10 Å². The smallest absolute Gasteiger partial charge is 0.162 e. The van der Waals surface area contributed by atoms with Crippen LogP contribution in [-0.4, -0.2) is 64.8 Å². The molecule has 39 heavy (non-hydrogen) atoms. The Morgan fingerprint density at radius 2 is 1.77 bits per heavy atom. The molecule has 0 amide bonds. The molecule has 2 aromatic heterocycles. The zero-order valence-electron chi connectivity index (χ0n) is 24.5. The summed E-state index contributed by atoms with van der Waals surface area (Å²) in [6.07, 6.45) is 2.06. The number of nitrogens with zero attached hydrogens (tertiary/aromatic N) is 6. The highest BCUT2D eigenvalue weighted by Crippen LogP contribution is 2.38. The van der Waals surface area contributed by atoms with Gasteiger partial charge in [-0.1, -0.05) is 32.0 Å². The maximum absolute atomic E-state index is 5.39. The minimum Gasteiger partial charge on any atom is -0.366 e. The lowest BCUT2D eigenvalue weighted by Crippen LogP contribution is -2.36. The molecular weight excluding hydrogens is 482 g/mol. The van der Waals surface area contributed by atoms with Gasteiger partial charge in [-0.15, -0.1) is 0 Å². The number of aromatic nitrogens is 4. The first kappa shape index (κ1) is 25.8. The minimum absolute atomic E-state index is 0.507. The van der Waals surface area contributed by atoms with E-state index in [1.807, 2.05) is 0 Å². The number of hydrogen-bond donors (Lipinski definition) is 1. The maximum Gasteiger partial charge on any atom is 0.162 e. The van der Waals surface area contributed by atoms with E-state index in [4.69, 9.17) is 9.97 Å². The molecule has 4 heterocycles. The molecule has 0 spiro atoms. The van der Waals surface area contributed by atoms with Crippen LogP contribution >= 0.6 is 0 Å². The second-order valence-corrected chi connectivity index (χ2v) is 12.0. The highest BCUT2D eigenvalue weighted by Gasteiger charge is 2.32. The number of nitrogens with one attached hydrogen (secondary N) is 1. The van der Waals surface area contributed by atoms with E-state index in [0.717, 1.165) is 72.8 Å². The minimum atomic E-state index is 0.507. The van der Waals surface area contributed by atoms with Crippen molar-refractivity contribution in [2.45, 2.75) is 66.0 Å². The summed E-state index contributed by atoms with van der Waals surface area (Å²) in [5.41, 5.74) is 10.8. The summed E-state index contributed by atoms with van der Waals surface area (Å²) < 4.78 is 0. The molecule has 6 rings (SSSR count). The standard InChI is InChI=1S/C32H41N7/c1-19(2)23-10-8-20(3)28(16-23)38-15-13-26-25(18-38)32(39-14-12-24(17-39)37(6)7)34-31(33-26)29-21(4)9-11-27-30(29)22(5)35-36-27/h8-11,16,19,24H,12-15,17-18H2,1-7H3,(H,35,36). The van der Waals surface area contributed by atoms with Crippen molar-refractivity contribution in [3.05, 3.63) is 64.0 Å². The quantitative estimate of drug-likeness (QED) is 0.358. The number of aryl methyl sites for hydroxylation is 3. The van der Waals surface area contributed by atoms with E-state index < -0.39 is 0 Å². The van der Waals surface area contributed by atoms with Gasteiger partial charge in [0, 0.05) is 66.5 Å². The molecule has 7 heteroatoms. The van der Waals surface area contributed by atoms with Gasteiger partial charge in [-0.05, 0) is 76.0 Å². The fourth-order valence-electron chi connectivity index (χ4n) is 6.31. The number of fused-ring (bicyclic) bond motifs is 2. The van der Waals surface area contributed by atoms with E-state index >= 15 is 0 Å². The van der Waals surface area contributed by atoms with Crippen molar-refractivity contribution in [1.29, 1.82) is 0 Å². The topological polar surface area (TPSA) is 64.2 Å². The summed E-state index contributed by atoms with van der Waals surface area (Å²) in [5.74, 6) is 2.45. The molecule has 2 aliphatic rings. The molecule has 0 radical (unpaired) electrons. The number of hydrogen-bond acceptors (Lipinski definition) is 6. The predicted octanol–water partition coefficient (Wildman–Crippen LogP) is 5.77. The number of aromatic amines is 1. The fraction of sp³-hybridized carbons (Fsp3) is 0.469. The monoisotopic (exact) mass is 523 g/mol. The second kappa shape index (κ2) is 9.94. The van der Waals surface area contributed by atoms with Crippen LogP contribution in [0.25, 0.3) is 22.3 Å². The highest BCUT2D eigenvalue weighted by molar-refractivity contribution is 5.96. The van der Waals surface area contributed by atoms with Gasteiger partial charge >= 0.3 is 0 Å². The van der Waals surface area contributed by atoms with Gasteiger partial charge < -0.3 is 14.7 Å². The van der Waals surface area contributed by atoms with Crippen LogP contribution in [0.1, 0.15) is 59.8 Å². The van der Waals surface area contributed by atoms with Gasteiger partial charge in [0.2, 0.25) is 0 Å². The Morgan fingerprint density at radius 3 is 2.51 bits per heavy atom. The summed E-state index contributed by atoms with van der Waals surface area (Å²) in [5, 5.41) is 8.84. The average Bonchev–Trinajstić information content (AvgIpc) is 3.56. The Bertz CT molecular complexity index is 1530. The van der Waals surface area contributed by atoms with Crippen molar-refractivity contribution in [2.75, 3.05) is 43.5 Å². The Morgan fingerprint density at radius 1 is 0.974 bits per heavy atom. The third-order valence-corrected chi connectivity index (χ3v) is 8.81. The predicted molar refractivity (Wildman–Crippen MR) is 161 cm³/mol. The largest absolute Gasteiger partial charge is 0.366 e. The molecule has 1 saturated heterocycles. The van der Waals surface area contributed by atoms with Crippen molar-refractivity contribution in [3.63, 3.8) is 0 Å². The van der Waals surface area contributed by atoms with Crippen molar-refractivity contribution in [3.8, 4) is 11.4 Å². The molecule has 1 N–H and O–H groups in total. The van der Waals surface area contributed by atoms with Crippen LogP contribution in [0.2, 0.25) is 0 Å². The van der Waals surface area contributed by atoms with E-state index in [1.165, 1.54) is 33.6 Å². The Hall–Kier alpha value is -3.45. The van der Waals surface area contributed by atoms with Crippen molar-refractivity contribution >= 4 is 22.4 Å². The van der Waals surface area contributed by atoms with Crippen LogP contribution in [-0.2, 0) is 13.0 Å². The molecule has 0 bridgehead atoms. The summed E-state index contributed by atoms with van der Waals surface area (Å²) in [4.78, 5) is 18.1. The molecule has 204 valence electrons. The van der Waals surface area contributed by atoms with Crippen LogP contribution in [0, 0.1) is 20.8 Å². The average molecular weight is 524 g/mol. The molecule has 1 fully saturated rings. The van der Waals surface area contributed by atoms with E-state index in [9.17, 15) is 0 Å². The fourth-order valence-corrected chi connectivity index (χ4v) is 6.31. The lowest BCUT2D eigenvalue weighted by atomic mass is 9.97. The Kier molecular flexibility index (Phi) is 6.58. The van der Waals surface area contributed by atoms with Crippen LogP contribution in [0.5, 0.6) is 0 Å². The van der Waals surface area contributed by atoms with Gasteiger partial charge in [0.25, 0.3) is 0 Å². The van der Waals surface area contributed by atoms with Gasteiger partial charge in [0.15, 0.2) is 5.82 Å². The van der Waals surface area contributed by atoms with Gasteiger partial charge in [-0.2, -0.15) is 5.10 Å². The van der Waals surface area contributed by atoms with Crippen LogP contribution in [0.4, 0.5) is 11.5 Å². The summed E-state index contributed by atoms with van der Waals surface area (Å²) >= 11 is 0. The first-order chi connectivity index (χ1) is 18.7. The summed E-state index contributed by atoms with van der Waals surface area (Å²) in [6, 6.07) is 11.7. The van der Waals surface area contributed by atoms with E-state index in [1.54, 1.807) is 0 Å². The lowest BCUT2D eigenvalue weighted by Gasteiger charge is -2.34. The third-order valence-electron chi connectivity index (χ3n) is 8.81. The number of H-pyrrole nitrogens is 1. The number of benzene rings is 2. The molecule has 1 unspecified atom stereocenters. The SMILES string of the molecule is Cc1ccc(C(C)C)cc1N1CCc2nc(-c3c(C)ccc4n[nH]c(C)c34)nc(N3CCC(N(C)C)C3)c2C1. The molecule has 0 aliphatic carbocycles. The van der Waals surface area contributed by atoms with Crippen LogP contribution in [0.3, 0.4) is 0 Å². The van der Waals surface area contributed by atoms with Gasteiger partial charge in [-0.25, -0.2) is 9.97 Å². The number of likely N-dealkylation sites (N-methyl/N-ethyl adjacent to an activating group) is 1. The Labute approximate surface area is 232 Å². The molecule has 2 aromatic carbocycles. The first-order valence-corrected chi connectivity index (χ1v) is 14.3. The second-order valence-electron chi connectivity index (χ2n) is 12.0. The zero-order chi connectivity index (χ0) is 27.4. The van der Waals surface area contributed by atoms with Crippen LogP contribution < -0.4 is 9.80 Å². The Balaban J connectivity index is 1.48. The summed E-state index contributed by atoms with van der Waals surface area (Å²) in [7, 11) is 4.38. The first-order valence-electron chi connectivity index (χ1n) is 14.3. The normalized spacial score (nSPS) is 17.6. The van der Waals surface area contributed by atoms with E-state index in [0.29, 0.717) is 12.0 Å².